The van der Waals surface area contributed by atoms with Crippen molar-refractivity contribution >= 4 is 28.1 Å². The third kappa shape index (κ3) is 2.10. The zero-order valence-corrected chi connectivity index (χ0v) is 8.90. The lowest BCUT2D eigenvalue weighted by Gasteiger charge is -2.07. The van der Waals surface area contributed by atoms with E-state index in [2.05, 4.69) is 4.18 Å². The van der Waals surface area contributed by atoms with Crippen LogP contribution in [0.15, 0.2) is 42.5 Å². The highest BCUT2D eigenvalue weighted by molar-refractivity contribution is 7.74. The first-order valence-electron chi connectivity index (χ1n) is 4.48. The van der Waals surface area contributed by atoms with Crippen molar-refractivity contribution in [3.63, 3.8) is 0 Å². The molecule has 16 heavy (non-hydrogen) atoms. The summed E-state index contributed by atoms with van der Waals surface area (Å²) in [7, 11) is 0. The normalized spacial score (nSPS) is 12.3. The van der Waals surface area contributed by atoms with Gasteiger partial charge in [-0.05, 0) is 16.8 Å². The Hall–Kier alpha value is -1.72. The molecule has 0 heterocycles. The molecule has 4 nitrogen and oxygen atoms in total. The van der Waals surface area contributed by atoms with E-state index in [0.29, 0.717) is 5.39 Å². The lowest BCUT2D eigenvalue weighted by molar-refractivity contribution is 0.0744. The molecule has 0 aliphatic carbocycles. The predicted molar refractivity (Wildman–Crippen MR) is 58.3 cm³/mol. The molecule has 2 aromatic rings. The highest BCUT2D eigenvalue weighted by Crippen LogP contribution is 2.19. The Bertz CT molecular complexity index is 559. The van der Waals surface area contributed by atoms with Crippen LogP contribution in [0.1, 0.15) is 10.4 Å². The molecular formula is C11H7O4S-. The Morgan fingerprint density at radius 2 is 1.81 bits per heavy atom. The van der Waals surface area contributed by atoms with E-state index in [-0.39, 0.29) is 5.56 Å². The maximum atomic E-state index is 11.5. The highest BCUT2D eigenvalue weighted by Gasteiger charge is 2.10. The van der Waals surface area contributed by atoms with Gasteiger partial charge in [-0.2, -0.15) is 0 Å². The van der Waals surface area contributed by atoms with Gasteiger partial charge in [0.15, 0.2) is 0 Å². The standard InChI is InChI=1S/C11H8O4S/c12-11(15-16(13)14)10-7-3-5-8-4-1-2-6-9(8)10/h1-7H,(H,13,14)/p-1. The number of fused-ring (bicyclic) bond motifs is 1. The average molecular weight is 235 g/mol. The zero-order valence-electron chi connectivity index (χ0n) is 8.08. The summed E-state index contributed by atoms with van der Waals surface area (Å²) in [4.78, 5) is 11.5. The van der Waals surface area contributed by atoms with E-state index in [1.807, 2.05) is 18.2 Å². The van der Waals surface area contributed by atoms with E-state index in [0.717, 1.165) is 5.39 Å². The lowest BCUT2D eigenvalue weighted by Crippen LogP contribution is -2.07. The maximum Gasteiger partial charge on any atom is 0.352 e. The molecule has 1 atom stereocenters. The summed E-state index contributed by atoms with van der Waals surface area (Å²) >= 11 is -2.84. The molecule has 0 bridgehead atoms. The summed E-state index contributed by atoms with van der Waals surface area (Å²) in [5, 5.41) is 1.52. The van der Waals surface area contributed by atoms with Gasteiger partial charge < -0.3 is 8.74 Å². The molecule has 0 saturated heterocycles. The van der Waals surface area contributed by atoms with Crippen LogP contribution < -0.4 is 0 Å². The van der Waals surface area contributed by atoms with Crippen LogP contribution in [0.2, 0.25) is 0 Å². The first-order chi connectivity index (χ1) is 7.68. The van der Waals surface area contributed by atoms with Crippen LogP contribution in [0.4, 0.5) is 0 Å². The van der Waals surface area contributed by atoms with Gasteiger partial charge >= 0.3 is 5.97 Å². The molecule has 0 amide bonds. The van der Waals surface area contributed by atoms with E-state index in [1.54, 1.807) is 18.2 Å². The summed E-state index contributed by atoms with van der Waals surface area (Å²) < 4.78 is 24.7. The van der Waals surface area contributed by atoms with Gasteiger partial charge in [-0.15, -0.1) is 0 Å². The minimum Gasteiger partial charge on any atom is -0.740 e. The molecule has 82 valence electrons. The lowest BCUT2D eigenvalue weighted by atomic mass is 10.1. The number of hydrogen-bond acceptors (Lipinski definition) is 4. The number of carbonyl (C=O) groups excluding carboxylic acids is 1. The molecule has 0 fully saturated rings. The van der Waals surface area contributed by atoms with Gasteiger partial charge in [0.1, 0.15) is 11.4 Å². The molecule has 0 saturated carbocycles. The van der Waals surface area contributed by atoms with Gasteiger partial charge in [0.2, 0.25) is 0 Å². The van der Waals surface area contributed by atoms with E-state index >= 15 is 0 Å². The van der Waals surface area contributed by atoms with Crippen molar-refractivity contribution in [1.82, 2.24) is 0 Å². The van der Waals surface area contributed by atoms with Crippen molar-refractivity contribution in [2.24, 2.45) is 0 Å². The van der Waals surface area contributed by atoms with E-state index in [1.165, 1.54) is 6.07 Å². The van der Waals surface area contributed by atoms with Crippen LogP contribution in [0.5, 0.6) is 0 Å². The van der Waals surface area contributed by atoms with E-state index < -0.39 is 17.3 Å². The van der Waals surface area contributed by atoms with Gasteiger partial charge in [-0.25, -0.2) is 9.00 Å². The van der Waals surface area contributed by atoms with E-state index in [9.17, 15) is 13.6 Å². The minimum absolute atomic E-state index is 0.238. The molecule has 1 unspecified atom stereocenters. The summed E-state index contributed by atoms with van der Waals surface area (Å²) in [5.41, 5.74) is 0.238. The molecule has 0 spiro atoms. The molecule has 0 aliphatic rings. The van der Waals surface area contributed by atoms with Gasteiger partial charge in [-0.3, -0.25) is 0 Å². The number of hydrogen-bond donors (Lipinski definition) is 0. The second kappa shape index (κ2) is 4.42. The van der Waals surface area contributed by atoms with Crippen LogP contribution in [0.25, 0.3) is 10.8 Å². The summed E-state index contributed by atoms with van der Waals surface area (Å²) in [6, 6.07) is 12.2. The predicted octanol–water partition coefficient (Wildman–Crippen LogP) is 1.79. The minimum atomic E-state index is -2.84. The SMILES string of the molecule is O=C(OS(=O)[O-])c1cccc2ccccc12. The first-order valence-corrected chi connectivity index (χ1v) is 5.48. The van der Waals surface area contributed by atoms with Gasteiger partial charge in [0.25, 0.3) is 0 Å². The molecule has 2 rings (SSSR count). The highest BCUT2D eigenvalue weighted by atomic mass is 32.2. The fraction of sp³-hybridized carbons (Fsp3) is 0. The van der Waals surface area contributed by atoms with Crippen molar-refractivity contribution in [2.45, 2.75) is 0 Å². The molecule has 0 aliphatic heterocycles. The van der Waals surface area contributed by atoms with Crippen LogP contribution in [-0.4, -0.2) is 14.7 Å². The molecule has 2 aromatic carbocycles. The zero-order chi connectivity index (χ0) is 11.5. The van der Waals surface area contributed by atoms with Crippen molar-refractivity contribution in [3.8, 4) is 0 Å². The molecular weight excluding hydrogens is 228 g/mol. The van der Waals surface area contributed by atoms with Crippen LogP contribution in [0.3, 0.4) is 0 Å². The van der Waals surface area contributed by atoms with Crippen LogP contribution in [0, 0.1) is 0 Å². The fourth-order valence-corrected chi connectivity index (χ4v) is 1.72. The van der Waals surface area contributed by atoms with Crippen molar-refractivity contribution in [1.29, 1.82) is 0 Å². The Kier molecular flexibility index (Phi) is 2.98. The van der Waals surface area contributed by atoms with Crippen LogP contribution >= 0.6 is 0 Å². The summed E-state index contributed by atoms with van der Waals surface area (Å²) in [5.74, 6) is -0.870. The second-order valence-electron chi connectivity index (χ2n) is 3.10. The van der Waals surface area contributed by atoms with E-state index in [4.69, 9.17) is 0 Å². The average Bonchev–Trinajstić information content (AvgIpc) is 2.27. The number of benzene rings is 2. The third-order valence-corrected chi connectivity index (χ3v) is 2.44. The third-order valence-electron chi connectivity index (χ3n) is 2.15. The number of rotatable bonds is 2. The topological polar surface area (TPSA) is 66.4 Å². The first kappa shape index (κ1) is 10.8. The van der Waals surface area contributed by atoms with Gasteiger partial charge in [0, 0.05) is 0 Å². The smallest absolute Gasteiger partial charge is 0.352 e. The molecule has 0 N–H and O–H groups in total. The Labute approximate surface area is 94.3 Å². The second-order valence-corrected chi connectivity index (χ2v) is 3.68. The van der Waals surface area contributed by atoms with Gasteiger partial charge in [0.05, 0.1) is 5.56 Å². The van der Waals surface area contributed by atoms with Crippen molar-refractivity contribution < 1.29 is 17.7 Å². The van der Waals surface area contributed by atoms with Crippen molar-refractivity contribution in [3.05, 3.63) is 48.0 Å². The quantitative estimate of drug-likeness (QED) is 0.744. The largest absolute Gasteiger partial charge is 0.740 e. The summed E-state index contributed by atoms with van der Waals surface area (Å²) in [6.07, 6.45) is 0. The molecule has 0 aromatic heterocycles. The van der Waals surface area contributed by atoms with Gasteiger partial charge in [-0.1, -0.05) is 36.4 Å². The fourth-order valence-electron chi connectivity index (χ4n) is 1.51. The summed E-state index contributed by atoms with van der Waals surface area (Å²) in [6.45, 7) is 0. The Morgan fingerprint density at radius 3 is 2.56 bits per heavy atom. The molecule has 0 radical (unpaired) electrons. The van der Waals surface area contributed by atoms with Crippen LogP contribution in [-0.2, 0) is 15.5 Å². The maximum absolute atomic E-state index is 11.5. The number of carbonyl (C=O) groups is 1. The Morgan fingerprint density at radius 1 is 1.12 bits per heavy atom. The Balaban J connectivity index is 2.52. The van der Waals surface area contributed by atoms with Crippen molar-refractivity contribution in [2.75, 3.05) is 0 Å². The molecule has 5 heteroatoms. The monoisotopic (exact) mass is 235 g/mol.